The Balaban J connectivity index is 1.45. The minimum atomic E-state index is -0.401. The van der Waals surface area contributed by atoms with Gasteiger partial charge in [-0.3, -0.25) is 14.2 Å². The molecule has 9 nitrogen and oxygen atoms in total. The topological polar surface area (TPSA) is 108 Å². The van der Waals surface area contributed by atoms with Crippen molar-refractivity contribution >= 4 is 39.7 Å². The zero-order valence-electron chi connectivity index (χ0n) is 15.7. The molecule has 1 saturated carbocycles. The van der Waals surface area contributed by atoms with Crippen molar-refractivity contribution in [2.75, 3.05) is 11.9 Å². The first-order valence-corrected chi connectivity index (χ1v) is 10.9. The van der Waals surface area contributed by atoms with Crippen LogP contribution in [0, 0.1) is 0 Å². The fourth-order valence-corrected chi connectivity index (χ4v) is 4.29. The van der Waals surface area contributed by atoms with Crippen molar-refractivity contribution in [1.29, 1.82) is 0 Å². The van der Waals surface area contributed by atoms with Gasteiger partial charge in [-0.1, -0.05) is 6.07 Å². The lowest BCUT2D eigenvalue weighted by Crippen LogP contribution is -2.30. The summed E-state index contributed by atoms with van der Waals surface area (Å²) < 4.78 is 7.76. The molecule has 1 amide bonds. The molecular weight excluding hydrogens is 414 g/mol. The van der Waals surface area contributed by atoms with Crippen molar-refractivity contribution in [2.45, 2.75) is 38.8 Å². The van der Waals surface area contributed by atoms with Gasteiger partial charge in [0.05, 0.1) is 23.6 Å². The molecule has 29 heavy (non-hydrogen) atoms. The Morgan fingerprint density at radius 3 is 2.86 bits per heavy atom. The smallest absolute Gasteiger partial charge is 0.346 e. The van der Waals surface area contributed by atoms with E-state index in [9.17, 15) is 14.4 Å². The number of hydrogen-bond donors (Lipinski definition) is 1. The molecule has 4 rings (SSSR count). The van der Waals surface area contributed by atoms with Crippen molar-refractivity contribution in [3.63, 3.8) is 0 Å². The van der Waals surface area contributed by atoms with Crippen LogP contribution < -0.4 is 11.0 Å². The number of esters is 1. The number of thiophene rings is 1. The van der Waals surface area contributed by atoms with Crippen molar-refractivity contribution in [3.8, 4) is 10.7 Å². The van der Waals surface area contributed by atoms with Gasteiger partial charge in [0, 0.05) is 11.4 Å². The third kappa shape index (κ3) is 4.46. The van der Waals surface area contributed by atoms with E-state index in [-0.39, 0.29) is 30.7 Å². The molecule has 0 bridgehead atoms. The lowest BCUT2D eigenvalue weighted by atomic mass is 10.3. The van der Waals surface area contributed by atoms with Gasteiger partial charge in [0.2, 0.25) is 5.91 Å². The number of nitrogens with one attached hydrogen (secondary N) is 1. The maximum atomic E-state index is 12.8. The summed E-state index contributed by atoms with van der Waals surface area (Å²) >= 11 is 2.72. The molecule has 0 saturated heterocycles. The number of nitrogens with zero attached hydrogens (tertiary/aromatic N) is 4. The van der Waals surface area contributed by atoms with Crippen LogP contribution in [0.4, 0.5) is 5.13 Å². The Bertz CT molecular complexity index is 1080. The number of aromatic nitrogens is 4. The van der Waals surface area contributed by atoms with E-state index in [0.717, 1.165) is 17.7 Å². The van der Waals surface area contributed by atoms with Crippen molar-refractivity contribution in [1.82, 2.24) is 19.3 Å². The first kappa shape index (κ1) is 19.5. The molecule has 3 aromatic rings. The quantitative estimate of drug-likeness (QED) is 0.546. The van der Waals surface area contributed by atoms with Crippen LogP contribution in [0.2, 0.25) is 0 Å². The summed E-state index contributed by atoms with van der Waals surface area (Å²) in [7, 11) is 0. The van der Waals surface area contributed by atoms with Gasteiger partial charge in [-0.05, 0) is 31.2 Å². The zero-order chi connectivity index (χ0) is 20.4. The molecule has 0 radical (unpaired) electrons. The number of carbonyl (C=O) groups excluding carboxylic acids is 2. The fourth-order valence-electron chi connectivity index (χ4n) is 2.86. The molecule has 1 fully saturated rings. The molecule has 11 heteroatoms. The second kappa shape index (κ2) is 8.29. The third-order valence-electron chi connectivity index (χ3n) is 4.25. The largest absolute Gasteiger partial charge is 0.466 e. The van der Waals surface area contributed by atoms with E-state index in [4.69, 9.17) is 4.74 Å². The molecule has 1 aliphatic carbocycles. The Hall–Kier alpha value is -2.79. The molecular formula is C18H19N5O4S2. The van der Waals surface area contributed by atoms with E-state index < -0.39 is 5.91 Å². The molecule has 152 valence electrons. The minimum absolute atomic E-state index is 0.0512. The van der Waals surface area contributed by atoms with Gasteiger partial charge in [-0.15, -0.1) is 27.8 Å². The third-order valence-corrected chi connectivity index (χ3v) is 5.92. The molecule has 1 aliphatic rings. The summed E-state index contributed by atoms with van der Waals surface area (Å²) in [5.41, 5.74) is 0.243. The van der Waals surface area contributed by atoms with Crippen molar-refractivity contribution in [3.05, 3.63) is 39.1 Å². The number of amides is 1. The predicted octanol–water partition coefficient (Wildman–Crippen LogP) is 2.31. The molecule has 0 unspecified atom stereocenters. The van der Waals surface area contributed by atoms with Crippen LogP contribution in [0.15, 0.2) is 27.7 Å². The summed E-state index contributed by atoms with van der Waals surface area (Å²) in [5, 5.41) is 11.0. The Morgan fingerprint density at radius 2 is 2.17 bits per heavy atom. The van der Waals surface area contributed by atoms with Gasteiger partial charge in [-0.2, -0.15) is 0 Å². The van der Waals surface area contributed by atoms with Crippen molar-refractivity contribution in [2.24, 2.45) is 0 Å². The predicted molar refractivity (Wildman–Crippen MR) is 109 cm³/mol. The molecule has 0 aromatic carbocycles. The van der Waals surface area contributed by atoms with E-state index >= 15 is 0 Å². The van der Waals surface area contributed by atoms with Gasteiger partial charge in [0.25, 0.3) is 0 Å². The van der Waals surface area contributed by atoms with Gasteiger partial charge in [-0.25, -0.2) is 14.5 Å². The average Bonchev–Trinajstić information content (AvgIpc) is 3.05. The van der Waals surface area contributed by atoms with Crippen LogP contribution in [-0.4, -0.2) is 37.8 Å². The molecule has 0 spiro atoms. The molecule has 1 N–H and O–H groups in total. The van der Waals surface area contributed by atoms with Gasteiger partial charge < -0.3 is 10.1 Å². The number of hydrogen-bond acceptors (Lipinski definition) is 8. The summed E-state index contributed by atoms with van der Waals surface area (Å²) in [6.07, 6.45) is 1.94. The van der Waals surface area contributed by atoms with Gasteiger partial charge >= 0.3 is 11.7 Å². The zero-order valence-corrected chi connectivity index (χ0v) is 17.3. The van der Waals surface area contributed by atoms with Gasteiger partial charge in [0.15, 0.2) is 11.0 Å². The van der Waals surface area contributed by atoms with E-state index in [2.05, 4.69) is 15.4 Å². The highest BCUT2D eigenvalue weighted by Crippen LogP contribution is 2.37. The van der Waals surface area contributed by atoms with E-state index in [1.54, 1.807) is 16.9 Å². The lowest BCUT2D eigenvalue weighted by Gasteiger charge is -2.01. The SMILES string of the molecule is CCOC(=O)Cc1csc(NC(=O)Cn2nc(-c3cccs3)n(C3CC3)c2=O)n1. The number of thiazole rings is 1. The number of rotatable bonds is 8. The summed E-state index contributed by atoms with van der Waals surface area (Å²) in [4.78, 5) is 41.8. The van der Waals surface area contributed by atoms with Crippen LogP contribution in [0.1, 0.15) is 31.5 Å². The Kier molecular flexibility index (Phi) is 5.58. The second-order valence-corrected chi connectivity index (χ2v) is 8.32. The first-order valence-electron chi connectivity index (χ1n) is 9.18. The van der Waals surface area contributed by atoms with E-state index in [1.165, 1.54) is 27.4 Å². The summed E-state index contributed by atoms with van der Waals surface area (Å²) in [6, 6.07) is 3.97. The molecule has 3 heterocycles. The second-order valence-electron chi connectivity index (χ2n) is 6.52. The highest BCUT2D eigenvalue weighted by atomic mass is 32.1. The van der Waals surface area contributed by atoms with Gasteiger partial charge in [0.1, 0.15) is 6.54 Å². The maximum Gasteiger partial charge on any atom is 0.346 e. The monoisotopic (exact) mass is 433 g/mol. The number of ether oxygens (including phenoxy) is 1. The van der Waals surface area contributed by atoms with E-state index in [0.29, 0.717) is 23.3 Å². The molecule has 3 aromatic heterocycles. The fraction of sp³-hybridized carbons (Fsp3) is 0.389. The first-order chi connectivity index (χ1) is 14.0. The van der Waals surface area contributed by atoms with Crippen LogP contribution in [-0.2, 0) is 27.3 Å². The normalized spacial score (nSPS) is 13.4. The molecule has 0 aliphatic heterocycles. The van der Waals surface area contributed by atoms with E-state index in [1.807, 2.05) is 17.5 Å². The average molecular weight is 434 g/mol. The molecule has 0 atom stereocenters. The van der Waals surface area contributed by atoms with Crippen molar-refractivity contribution < 1.29 is 14.3 Å². The Labute approximate surface area is 174 Å². The van der Waals surface area contributed by atoms with Crippen LogP contribution in [0.5, 0.6) is 0 Å². The minimum Gasteiger partial charge on any atom is -0.466 e. The Morgan fingerprint density at radius 1 is 1.34 bits per heavy atom. The van der Waals surface area contributed by atoms with Crippen LogP contribution in [0.3, 0.4) is 0 Å². The summed E-state index contributed by atoms with van der Waals surface area (Å²) in [5.74, 6) is -0.164. The standard InChI is InChI=1S/C18H19N5O4S2/c1-2-27-15(25)8-11-10-29-17(19-11)20-14(24)9-22-18(26)23(12-5-6-12)16(21-22)13-4-3-7-28-13/h3-4,7,10,12H,2,5-6,8-9H2,1H3,(H,19,20,24). The summed E-state index contributed by atoms with van der Waals surface area (Å²) in [6.45, 7) is 1.84. The highest BCUT2D eigenvalue weighted by Gasteiger charge is 2.31. The van der Waals surface area contributed by atoms with Crippen LogP contribution >= 0.6 is 22.7 Å². The van der Waals surface area contributed by atoms with Crippen LogP contribution in [0.25, 0.3) is 10.7 Å². The number of carbonyl (C=O) groups is 2. The lowest BCUT2D eigenvalue weighted by molar-refractivity contribution is -0.142. The highest BCUT2D eigenvalue weighted by molar-refractivity contribution is 7.14. The maximum absolute atomic E-state index is 12.8. The number of anilines is 1.